The first-order valence-electron chi connectivity index (χ1n) is 9.50. The Kier molecular flexibility index (Phi) is 7.76. The van der Waals surface area contributed by atoms with Crippen molar-refractivity contribution in [1.82, 2.24) is 10.6 Å². The summed E-state index contributed by atoms with van der Waals surface area (Å²) >= 11 is 6.47. The molecule has 0 unspecified atom stereocenters. The molecule has 3 rings (SSSR count). The number of carbonyl (C=O) groups is 1. The molecule has 2 aromatic carbocycles. The van der Waals surface area contributed by atoms with Crippen LogP contribution in [0.15, 0.2) is 36.4 Å². The van der Waals surface area contributed by atoms with E-state index in [1.165, 1.54) is 11.1 Å². The Bertz CT molecular complexity index is 814. The maximum atomic E-state index is 12.2. The molecule has 0 atom stereocenters. The van der Waals surface area contributed by atoms with Gasteiger partial charge < -0.3 is 16.0 Å². The Balaban J connectivity index is 0.00000280. The van der Waals surface area contributed by atoms with Crippen LogP contribution in [0.4, 0.5) is 5.69 Å². The zero-order valence-electron chi connectivity index (χ0n) is 16.7. The van der Waals surface area contributed by atoms with Crippen LogP contribution in [-0.4, -0.2) is 24.5 Å². The van der Waals surface area contributed by atoms with Gasteiger partial charge in [0.1, 0.15) is 0 Å². The summed E-state index contributed by atoms with van der Waals surface area (Å²) in [5.74, 6) is -0.0501. The van der Waals surface area contributed by atoms with Crippen LogP contribution < -0.4 is 16.0 Å². The zero-order valence-corrected chi connectivity index (χ0v) is 18.3. The number of hydrogen-bond donors (Lipinski definition) is 3. The molecule has 1 aliphatic heterocycles. The largest absolute Gasteiger partial charge is 0.380 e. The second kappa shape index (κ2) is 9.64. The Hall–Kier alpha value is -1.75. The molecular formula is C22H29Cl2N3O. The Labute approximate surface area is 178 Å². The SMILES string of the molecule is CC(C)(C)NC(=O)c1ccc(CNc2c(Cl)ccc3c2CCNCC3)cc1.Cl. The highest BCUT2D eigenvalue weighted by Crippen LogP contribution is 2.31. The molecule has 0 aromatic heterocycles. The lowest BCUT2D eigenvalue weighted by atomic mass is 10.0. The Morgan fingerprint density at radius 1 is 1.07 bits per heavy atom. The normalized spacial score (nSPS) is 13.7. The van der Waals surface area contributed by atoms with Gasteiger partial charge in [0.25, 0.3) is 5.91 Å². The van der Waals surface area contributed by atoms with Crippen molar-refractivity contribution >= 4 is 35.6 Å². The second-order valence-electron chi connectivity index (χ2n) is 8.06. The quantitative estimate of drug-likeness (QED) is 0.676. The van der Waals surface area contributed by atoms with E-state index in [9.17, 15) is 4.79 Å². The fourth-order valence-corrected chi connectivity index (χ4v) is 3.56. The van der Waals surface area contributed by atoms with Gasteiger partial charge in [0.05, 0.1) is 10.7 Å². The van der Waals surface area contributed by atoms with Gasteiger partial charge in [0.2, 0.25) is 0 Å². The molecule has 0 fully saturated rings. The number of amides is 1. The van der Waals surface area contributed by atoms with Gasteiger partial charge in [-0.25, -0.2) is 0 Å². The molecule has 6 heteroatoms. The third-order valence-corrected chi connectivity index (χ3v) is 4.97. The van der Waals surface area contributed by atoms with Crippen LogP contribution >= 0.6 is 24.0 Å². The van der Waals surface area contributed by atoms with Crippen LogP contribution in [0.25, 0.3) is 0 Å². The number of rotatable bonds is 4. The van der Waals surface area contributed by atoms with Gasteiger partial charge in [0.15, 0.2) is 0 Å². The lowest BCUT2D eigenvalue weighted by Gasteiger charge is -2.20. The fraction of sp³-hybridized carbons (Fsp3) is 0.409. The molecule has 0 radical (unpaired) electrons. The predicted molar refractivity (Wildman–Crippen MR) is 120 cm³/mol. The van der Waals surface area contributed by atoms with Crippen molar-refractivity contribution in [3.05, 3.63) is 63.7 Å². The maximum absolute atomic E-state index is 12.2. The first kappa shape index (κ1) is 22.5. The number of halogens is 2. The summed E-state index contributed by atoms with van der Waals surface area (Å²) in [7, 11) is 0. The molecule has 1 heterocycles. The summed E-state index contributed by atoms with van der Waals surface area (Å²) in [5, 5.41) is 10.7. The smallest absolute Gasteiger partial charge is 0.251 e. The van der Waals surface area contributed by atoms with Crippen LogP contribution in [0.1, 0.15) is 47.8 Å². The van der Waals surface area contributed by atoms with Crippen molar-refractivity contribution in [2.45, 2.75) is 45.7 Å². The summed E-state index contributed by atoms with van der Waals surface area (Å²) in [4.78, 5) is 12.2. The molecular weight excluding hydrogens is 393 g/mol. The Morgan fingerprint density at radius 3 is 2.43 bits per heavy atom. The molecule has 1 aliphatic rings. The third kappa shape index (κ3) is 5.87. The average Bonchev–Trinajstić information content (AvgIpc) is 2.85. The summed E-state index contributed by atoms with van der Waals surface area (Å²) in [6.07, 6.45) is 2.00. The molecule has 2 aromatic rings. The minimum absolute atomic E-state index is 0. The van der Waals surface area contributed by atoms with Crippen molar-refractivity contribution in [3.8, 4) is 0 Å². The highest BCUT2D eigenvalue weighted by Gasteiger charge is 2.16. The fourth-order valence-electron chi connectivity index (χ4n) is 3.31. The lowest BCUT2D eigenvalue weighted by molar-refractivity contribution is 0.0919. The van der Waals surface area contributed by atoms with E-state index in [-0.39, 0.29) is 23.9 Å². The monoisotopic (exact) mass is 421 g/mol. The van der Waals surface area contributed by atoms with Crippen LogP contribution in [0.2, 0.25) is 5.02 Å². The molecule has 28 heavy (non-hydrogen) atoms. The van der Waals surface area contributed by atoms with E-state index in [0.29, 0.717) is 12.1 Å². The molecule has 0 bridgehead atoms. The van der Waals surface area contributed by atoms with Gasteiger partial charge in [-0.1, -0.05) is 29.8 Å². The molecule has 0 saturated heterocycles. The highest BCUT2D eigenvalue weighted by atomic mass is 35.5. The molecule has 0 aliphatic carbocycles. The first-order valence-corrected chi connectivity index (χ1v) is 9.87. The zero-order chi connectivity index (χ0) is 19.4. The molecule has 0 spiro atoms. The van der Waals surface area contributed by atoms with Crippen molar-refractivity contribution in [1.29, 1.82) is 0 Å². The minimum Gasteiger partial charge on any atom is -0.380 e. The number of fused-ring (bicyclic) bond motifs is 1. The van der Waals surface area contributed by atoms with Crippen LogP contribution in [0.5, 0.6) is 0 Å². The van der Waals surface area contributed by atoms with E-state index in [0.717, 1.165) is 42.2 Å². The van der Waals surface area contributed by atoms with Gasteiger partial charge in [-0.2, -0.15) is 0 Å². The molecule has 0 saturated carbocycles. The number of anilines is 1. The van der Waals surface area contributed by atoms with Crippen molar-refractivity contribution in [3.63, 3.8) is 0 Å². The first-order chi connectivity index (χ1) is 12.8. The summed E-state index contributed by atoms with van der Waals surface area (Å²) < 4.78 is 0. The third-order valence-electron chi connectivity index (χ3n) is 4.66. The molecule has 152 valence electrons. The van der Waals surface area contributed by atoms with Gasteiger partial charge in [0, 0.05) is 17.6 Å². The van der Waals surface area contributed by atoms with Gasteiger partial charge in [-0.05, 0) is 81.6 Å². The van der Waals surface area contributed by atoms with Crippen LogP contribution in [0, 0.1) is 0 Å². The lowest BCUT2D eigenvalue weighted by Crippen LogP contribution is -2.40. The molecule has 1 amide bonds. The summed E-state index contributed by atoms with van der Waals surface area (Å²) in [5.41, 5.74) is 5.25. The Morgan fingerprint density at radius 2 is 1.75 bits per heavy atom. The van der Waals surface area contributed by atoms with Crippen LogP contribution in [0.3, 0.4) is 0 Å². The van der Waals surface area contributed by atoms with E-state index in [4.69, 9.17) is 11.6 Å². The standard InChI is InChI=1S/C22H28ClN3O.ClH/c1-22(2,3)26-21(27)17-6-4-15(5-7-17)14-25-20-18-11-13-24-12-10-16(18)8-9-19(20)23;/h4-9,24-25H,10-14H2,1-3H3,(H,26,27);1H. The second-order valence-corrected chi connectivity index (χ2v) is 8.47. The van der Waals surface area contributed by atoms with Gasteiger partial charge in [-0.3, -0.25) is 4.79 Å². The molecule has 4 nitrogen and oxygen atoms in total. The van der Waals surface area contributed by atoms with Gasteiger partial charge >= 0.3 is 0 Å². The maximum Gasteiger partial charge on any atom is 0.251 e. The van der Waals surface area contributed by atoms with E-state index < -0.39 is 0 Å². The van der Waals surface area contributed by atoms with Crippen LogP contribution in [-0.2, 0) is 19.4 Å². The molecule has 3 N–H and O–H groups in total. The van der Waals surface area contributed by atoms with E-state index in [1.54, 1.807) is 0 Å². The van der Waals surface area contributed by atoms with E-state index in [1.807, 2.05) is 51.1 Å². The predicted octanol–water partition coefficient (Wildman–Crippen LogP) is 4.59. The van der Waals surface area contributed by atoms with Crippen molar-refractivity contribution < 1.29 is 4.79 Å². The van der Waals surface area contributed by atoms with E-state index in [2.05, 4.69) is 22.0 Å². The number of nitrogens with one attached hydrogen (secondary N) is 3. The summed E-state index contributed by atoms with van der Waals surface area (Å²) in [6.45, 7) is 8.58. The number of benzene rings is 2. The number of hydrogen-bond acceptors (Lipinski definition) is 3. The number of carbonyl (C=O) groups excluding carboxylic acids is 1. The van der Waals surface area contributed by atoms with E-state index >= 15 is 0 Å². The topological polar surface area (TPSA) is 53.2 Å². The van der Waals surface area contributed by atoms with Gasteiger partial charge in [-0.15, -0.1) is 12.4 Å². The van der Waals surface area contributed by atoms with Crippen molar-refractivity contribution in [2.75, 3.05) is 18.4 Å². The van der Waals surface area contributed by atoms with Crippen molar-refractivity contribution in [2.24, 2.45) is 0 Å². The average molecular weight is 422 g/mol. The summed E-state index contributed by atoms with van der Waals surface area (Å²) in [6, 6.07) is 11.8. The minimum atomic E-state index is -0.242. The highest BCUT2D eigenvalue weighted by molar-refractivity contribution is 6.33.